The summed E-state index contributed by atoms with van der Waals surface area (Å²) in [6.07, 6.45) is 3.97. The van der Waals surface area contributed by atoms with Crippen molar-refractivity contribution in [2.75, 3.05) is 0 Å². The van der Waals surface area contributed by atoms with E-state index in [1.165, 1.54) is 18.6 Å². The Kier molecular flexibility index (Phi) is 3.53. The molecule has 3 rings (SSSR count). The van der Waals surface area contributed by atoms with Gasteiger partial charge in [0.1, 0.15) is 5.82 Å². The van der Waals surface area contributed by atoms with Crippen molar-refractivity contribution in [3.05, 3.63) is 35.4 Å². The minimum absolute atomic E-state index is 0.307. The molecule has 1 aromatic heterocycles. The third-order valence-corrected chi connectivity index (χ3v) is 4.19. The summed E-state index contributed by atoms with van der Waals surface area (Å²) in [7, 11) is 0. The maximum absolute atomic E-state index is 13.5. The van der Waals surface area contributed by atoms with Gasteiger partial charge in [-0.3, -0.25) is 0 Å². The van der Waals surface area contributed by atoms with Crippen LogP contribution in [0.5, 0.6) is 0 Å². The van der Waals surface area contributed by atoms with E-state index in [0.29, 0.717) is 23.2 Å². The molecule has 1 aromatic carbocycles. The van der Waals surface area contributed by atoms with Crippen LogP contribution >= 0.6 is 0 Å². The van der Waals surface area contributed by atoms with E-state index in [2.05, 4.69) is 17.1 Å². The average molecular weight is 289 g/mol. The molecule has 21 heavy (non-hydrogen) atoms. The van der Waals surface area contributed by atoms with Gasteiger partial charge in [0.2, 0.25) is 0 Å². The van der Waals surface area contributed by atoms with Crippen LogP contribution in [0.4, 0.5) is 4.39 Å². The first-order valence-electron chi connectivity index (χ1n) is 7.37. The maximum Gasteiger partial charge on any atom is 0.258 e. The lowest BCUT2D eigenvalue weighted by molar-refractivity contribution is 0.222. The van der Waals surface area contributed by atoms with Gasteiger partial charge in [-0.2, -0.15) is 4.98 Å². The van der Waals surface area contributed by atoms with Crippen molar-refractivity contribution in [1.82, 2.24) is 10.1 Å². The fourth-order valence-electron chi connectivity index (χ4n) is 3.20. The lowest BCUT2D eigenvalue weighted by Crippen LogP contribution is -2.42. The van der Waals surface area contributed by atoms with Crippen molar-refractivity contribution >= 4 is 0 Å². The molecule has 2 unspecified atom stereocenters. The topological polar surface area (TPSA) is 64.9 Å². The lowest BCUT2D eigenvalue weighted by atomic mass is 9.76. The molecule has 1 saturated carbocycles. The number of benzene rings is 1. The SMILES string of the molecule is Cc1cc(F)cc(-c2nc(C3(N)CCCC(C)C3)no2)c1. The molecule has 1 aliphatic rings. The highest BCUT2D eigenvalue weighted by Gasteiger charge is 2.37. The van der Waals surface area contributed by atoms with E-state index in [4.69, 9.17) is 10.3 Å². The van der Waals surface area contributed by atoms with E-state index >= 15 is 0 Å². The summed E-state index contributed by atoms with van der Waals surface area (Å²) in [4.78, 5) is 4.42. The van der Waals surface area contributed by atoms with Crippen LogP contribution in [0.15, 0.2) is 22.7 Å². The van der Waals surface area contributed by atoms with Gasteiger partial charge in [0.05, 0.1) is 5.54 Å². The number of nitrogens with zero attached hydrogens (tertiary/aromatic N) is 2. The van der Waals surface area contributed by atoms with Gasteiger partial charge in [0.15, 0.2) is 5.82 Å². The predicted octanol–water partition coefficient (Wildman–Crippen LogP) is 3.55. The summed E-state index contributed by atoms with van der Waals surface area (Å²) < 4.78 is 18.8. The minimum Gasteiger partial charge on any atom is -0.334 e. The fourth-order valence-corrected chi connectivity index (χ4v) is 3.20. The van der Waals surface area contributed by atoms with Crippen LogP contribution in [-0.2, 0) is 5.54 Å². The first-order chi connectivity index (χ1) is 9.96. The zero-order valence-corrected chi connectivity index (χ0v) is 12.4. The summed E-state index contributed by atoms with van der Waals surface area (Å²) in [6, 6.07) is 4.69. The van der Waals surface area contributed by atoms with Gasteiger partial charge in [0.25, 0.3) is 5.89 Å². The Balaban J connectivity index is 1.92. The molecule has 5 heteroatoms. The molecule has 2 aromatic rings. The molecular formula is C16H20FN3O. The highest BCUT2D eigenvalue weighted by Crippen LogP contribution is 2.37. The Labute approximate surface area is 123 Å². The molecule has 112 valence electrons. The molecule has 0 aliphatic heterocycles. The van der Waals surface area contributed by atoms with Crippen molar-refractivity contribution in [3.63, 3.8) is 0 Å². The molecular weight excluding hydrogens is 269 g/mol. The highest BCUT2D eigenvalue weighted by molar-refractivity contribution is 5.54. The quantitative estimate of drug-likeness (QED) is 0.918. The second-order valence-electron chi connectivity index (χ2n) is 6.30. The van der Waals surface area contributed by atoms with Crippen LogP contribution in [0.3, 0.4) is 0 Å². The number of rotatable bonds is 2. The van der Waals surface area contributed by atoms with Crippen molar-refractivity contribution in [3.8, 4) is 11.5 Å². The normalized spacial score (nSPS) is 26.0. The van der Waals surface area contributed by atoms with Crippen LogP contribution in [0, 0.1) is 18.7 Å². The fraction of sp³-hybridized carbons (Fsp3) is 0.500. The van der Waals surface area contributed by atoms with E-state index in [0.717, 1.165) is 24.8 Å². The van der Waals surface area contributed by atoms with Crippen molar-refractivity contribution < 1.29 is 8.91 Å². The minimum atomic E-state index is -0.526. The molecule has 0 bridgehead atoms. The van der Waals surface area contributed by atoms with Gasteiger partial charge < -0.3 is 10.3 Å². The van der Waals surface area contributed by atoms with E-state index in [1.807, 2.05) is 13.0 Å². The summed E-state index contributed by atoms with van der Waals surface area (Å²) in [6.45, 7) is 4.02. The van der Waals surface area contributed by atoms with Gasteiger partial charge in [-0.25, -0.2) is 4.39 Å². The standard InChI is InChI=1S/C16H20FN3O/c1-10-4-3-5-16(18,9-10)15-19-14(21-20-15)12-6-11(2)7-13(17)8-12/h6-8,10H,3-5,9,18H2,1-2H3. The highest BCUT2D eigenvalue weighted by atomic mass is 19.1. The Bertz CT molecular complexity index is 634. The average Bonchev–Trinajstić information content (AvgIpc) is 2.87. The summed E-state index contributed by atoms with van der Waals surface area (Å²) in [5, 5.41) is 4.05. The number of nitrogens with two attached hydrogens (primary N) is 1. The van der Waals surface area contributed by atoms with Gasteiger partial charge in [0, 0.05) is 5.56 Å². The van der Waals surface area contributed by atoms with Crippen molar-refractivity contribution in [1.29, 1.82) is 0 Å². The van der Waals surface area contributed by atoms with E-state index in [-0.39, 0.29) is 5.82 Å². The monoisotopic (exact) mass is 289 g/mol. The third kappa shape index (κ3) is 2.83. The number of aromatic nitrogens is 2. The van der Waals surface area contributed by atoms with Crippen molar-refractivity contribution in [2.45, 2.75) is 45.1 Å². The van der Waals surface area contributed by atoms with Crippen LogP contribution in [0.1, 0.15) is 44.0 Å². The van der Waals surface area contributed by atoms with E-state index in [9.17, 15) is 4.39 Å². The second-order valence-corrected chi connectivity index (χ2v) is 6.30. The Morgan fingerprint density at radius 1 is 1.38 bits per heavy atom. The molecule has 0 spiro atoms. The van der Waals surface area contributed by atoms with Gasteiger partial charge >= 0.3 is 0 Å². The second kappa shape index (κ2) is 5.22. The van der Waals surface area contributed by atoms with Crippen molar-refractivity contribution in [2.24, 2.45) is 11.7 Å². The number of aryl methyl sites for hydroxylation is 1. The zero-order valence-electron chi connectivity index (χ0n) is 12.4. The van der Waals surface area contributed by atoms with Crippen LogP contribution < -0.4 is 5.73 Å². The molecule has 0 amide bonds. The van der Waals surface area contributed by atoms with Crippen LogP contribution in [0.25, 0.3) is 11.5 Å². The lowest BCUT2D eigenvalue weighted by Gasteiger charge is -2.33. The number of hydrogen-bond acceptors (Lipinski definition) is 4. The summed E-state index contributed by atoms with van der Waals surface area (Å²) in [5.74, 6) is 1.11. The first kappa shape index (κ1) is 14.2. The number of hydrogen-bond donors (Lipinski definition) is 1. The van der Waals surface area contributed by atoms with E-state index < -0.39 is 5.54 Å². The molecule has 2 atom stereocenters. The largest absolute Gasteiger partial charge is 0.334 e. The van der Waals surface area contributed by atoms with E-state index in [1.54, 1.807) is 0 Å². The Morgan fingerprint density at radius 2 is 2.19 bits per heavy atom. The molecule has 1 aliphatic carbocycles. The molecule has 2 N–H and O–H groups in total. The zero-order chi connectivity index (χ0) is 15.0. The predicted molar refractivity (Wildman–Crippen MR) is 77.9 cm³/mol. The molecule has 1 fully saturated rings. The van der Waals surface area contributed by atoms with Gasteiger partial charge in [-0.05, 0) is 49.4 Å². The van der Waals surface area contributed by atoms with Crippen LogP contribution in [-0.4, -0.2) is 10.1 Å². The number of halogens is 1. The molecule has 0 radical (unpaired) electrons. The Morgan fingerprint density at radius 3 is 2.90 bits per heavy atom. The molecule has 4 nitrogen and oxygen atoms in total. The smallest absolute Gasteiger partial charge is 0.258 e. The summed E-state index contributed by atoms with van der Waals surface area (Å²) in [5.41, 5.74) is 7.35. The first-order valence-corrected chi connectivity index (χ1v) is 7.37. The maximum atomic E-state index is 13.5. The van der Waals surface area contributed by atoms with Crippen LogP contribution in [0.2, 0.25) is 0 Å². The third-order valence-electron chi connectivity index (χ3n) is 4.19. The van der Waals surface area contributed by atoms with Gasteiger partial charge in [-0.15, -0.1) is 0 Å². The Hall–Kier alpha value is -1.75. The molecule has 1 heterocycles. The molecule has 0 saturated heterocycles. The summed E-state index contributed by atoms with van der Waals surface area (Å²) >= 11 is 0. The van der Waals surface area contributed by atoms with Gasteiger partial charge in [-0.1, -0.05) is 24.9 Å².